The van der Waals surface area contributed by atoms with Gasteiger partial charge in [0.2, 0.25) is 0 Å². The van der Waals surface area contributed by atoms with Crippen LogP contribution in [-0.2, 0) is 0 Å². The fraction of sp³-hybridized carbons (Fsp3) is 0.462. The highest BCUT2D eigenvalue weighted by Gasteiger charge is 2.20. The van der Waals surface area contributed by atoms with Gasteiger partial charge in [0.05, 0.1) is 0 Å². The zero-order chi connectivity index (χ0) is 10.7. The molecule has 1 nitrogen and oxygen atoms in total. The van der Waals surface area contributed by atoms with E-state index in [1.54, 1.807) is 0 Å². The summed E-state index contributed by atoms with van der Waals surface area (Å²) in [7, 11) is 0. The molecule has 1 rings (SSSR count). The monoisotopic (exact) mass is 188 g/mol. The quantitative estimate of drug-likeness (QED) is 0.642. The molecular formula is C13H18N+. The molecule has 0 amide bonds. The molecule has 0 heterocycles. The Bertz CT molecular complexity index is 330. The van der Waals surface area contributed by atoms with E-state index in [1.807, 2.05) is 0 Å². The maximum Gasteiger partial charge on any atom is 0.346 e. The van der Waals surface area contributed by atoms with E-state index >= 15 is 0 Å². The third kappa shape index (κ3) is 1.96. The van der Waals surface area contributed by atoms with Crippen LogP contribution in [-0.4, -0.2) is 0 Å². The van der Waals surface area contributed by atoms with Gasteiger partial charge in [0.15, 0.2) is 0 Å². The van der Waals surface area contributed by atoms with Crippen LogP contribution in [0.15, 0.2) is 18.2 Å². The van der Waals surface area contributed by atoms with Crippen LogP contribution in [0.3, 0.4) is 0 Å². The second-order valence-electron chi connectivity index (χ2n) is 4.22. The Kier molecular flexibility index (Phi) is 3.30. The molecule has 0 aliphatic rings. The van der Waals surface area contributed by atoms with E-state index in [1.165, 1.54) is 11.1 Å². The fourth-order valence-electron chi connectivity index (χ4n) is 1.66. The molecule has 0 atom stereocenters. The predicted molar refractivity (Wildman–Crippen MR) is 62.6 cm³/mol. The highest BCUT2D eigenvalue weighted by atomic mass is 14.7. The van der Waals surface area contributed by atoms with Gasteiger partial charge in [-0.25, -0.2) is 0 Å². The van der Waals surface area contributed by atoms with E-state index in [4.69, 9.17) is 6.57 Å². The molecule has 1 heteroatoms. The average molecular weight is 188 g/mol. The molecule has 0 spiro atoms. The minimum absolute atomic E-state index is 0.469. The highest BCUT2D eigenvalue weighted by Crippen LogP contribution is 2.34. The normalized spacial score (nSPS) is 10.6. The van der Waals surface area contributed by atoms with E-state index in [0.717, 1.165) is 5.69 Å². The van der Waals surface area contributed by atoms with Gasteiger partial charge >= 0.3 is 5.69 Å². The molecule has 0 aromatic heterocycles. The number of hydrogen-bond donors (Lipinski definition) is 0. The molecule has 74 valence electrons. The van der Waals surface area contributed by atoms with Crippen LogP contribution >= 0.6 is 0 Å². The summed E-state index contributed by atoms with van der Waals surface area (Å²) in [5.41, 5.74) is 3.44. The van der Waals surface area contributed by atoms with E-state index in [2.05, 4.69) is 50.7 Å². The zero-order valence-electron chi connectivity index (χ0n) is 9.41. The average Bonchev–Trinajstić information content (AvgIpc) is 2.16. The Morgan fingerprint density at radius 2 is 1.43 bits per heavy atom. The Balaban J connectivity index is 3.34. The minimum Gasteiger partial charge on any atom is -0.0611 e. The maximum atomic E-state index is 5.45. The van der Waals surface area contributed by atoms with E-state index in [-0.39, 0.29) is 0 Å². The molecule has 0 N–H and O–H groups in total. The standard InChI is InChI=1S/C13H18N/c1-9(2)11-7-6-8-12(10(3)4)13(11)14-5/h5-10H,1-4H3/q+1. The number of nitrogens with zero attached hydrogens (tertiary/aromatic N) is 1. The predicted octanol–water partition coefficient (Wildman–Crippen LogP) is 4.53. The lowest BCUT2D eigenvalue weighted by Crippen LogP contribution is -1.93. The van der Waals surface area contributed by atoms with Crippen molar-refractivity contribution in [3.63, 3.8) is 0 Å². The molecule has 1 aromatic rings. The van der Waals surface area contributed by atoms with Crippen molar-refractivity contribution in [2.75, 3.05) is 0 Å². The van der Waals surface area contributed by atoms with Gasteiger partial charge in [-0.3, -0.25) is 0 Å². The molecule has 0 unspecified atom stereocenters. The van der Waals surface area contributed by atoms with Crippen LogP contribution in [0.4, 0.5) is 5.69 Å². The van der Waals surface area contributed by atoms with Gasteiger partial charge in [0, 0.05) is 11.1 Å². The molecule has 0 aliphatic carbocycles. The van der Waals surface area contributed by atoms with Crippen LogP contribution in [0.25, 0.3) is 4.85 Å². The SMILES string of the molecule is C#[N+]c1c(C(C)C)cccc1C(C)C. The third-order valence-corrected chi connectivity index (χ3v) is 2.47. The summed E-state index contributed by atoms with van der Waals surface area (Å²) in [5.74, 6) is 0.937. The lowest BCUT2D eigenvalue weighted by molar-refractivity contribution is 0.842. The molecule has 0 saturated heterocycles. The molecule has 14 heavy (non-hydrogen) atoms. The first kappa shape index (κ1) is 10.8. The Hall–Kier alpha value is -1.29. The largest absolute Gasteiger partial charge is 0.346 e. The summed E-state index contributed by atoms with van der Waals surface area (Å²) < 4.78 is 0. The molecule has 0 fully saturated rings. The summed E-state index contributed by atoms with van der Waals surface area (Å²) >= 11 is 0. The van der Waals surface area contributed by atoms with Gasteiger partial charge in [-0.05, 0) is 16.7 Å². The number of rotatable bonds is 2. The Labute approximate surface area is 86.6 Å². The van der Waals surface area contributed by atoms with Gasteiger partial charge in [-0.1, -0.05) is 45.9 Å². The second kappa shape index (κ2) is 4.28. The van der Waals surface area contributed by atoms with Gasteiger partial charge < -0.3 is 0 Å². The van der Waals surface area contributed by atoms with Crippen molar-refractivity contribution in [1.82, 2.24) is 0 Å². The summed E-state index contributed by atoms with van der Waals surface area (Å²) in [5, 5.41) is 0. The summed E-state index contributed by atoms with van der Waals surface area (Å²) in [6.45, 7) is 14.1. The van der Waals surface area contributed by atoms with Crippen LogP contribution in [0.1, 0.15) is 50.7 Å². The Morgan fingerprint density at radius 1 is 1.00 bits per heavy atom. The third-order valence-electron chi connectivity index (χ3n) is 2.47. The van der Waals surface area contributed by atoms with E-state index in [9.17, 15) is 0 Å². The number of benzene rings is 1. The van der Waals surface area contributed by atoms with Gasteiger partial charge in [-0.15, -0.1) is 0 Å². The first-order valence-electron chi connectivity index (χ1n) is 5.11. The van der Waals surface area contributed by atoms with Crippen LogP contribution in [0, 0.1) is 6.57 Å². The smallest absolute Gasteiger partial charge is 0.0611 e. The van der Waals surface area contributed by atoms with Crippen molar-refractivity contribution in [2.24, 2.45) is 0 Å². The summed E-state index contributed by atoms with van der Waals surface area (Å²) in [6.07, 6.45) is 0. The van der Waals surface area contributed by atoms with Crippen LogP contribution in [0.2, 0.25) is 0 Å². The molecule has 0 aliphatic heterocycles. The first-order valence-corrected chi connectivity index (χ1v) is 5.11. The van der Waals surface area contributed by atoms with Crippen molar-refractivity contribution < 1.29 is 0 Å². The molecule has 1 aromatic carbocycles. The molecular weight excluding hydrogens is 170 g/mol. The van der Waals surface area contributed by atoms with Gasteiger partial charge in [0.1, 0.15) is 0 Å². The zero-order valence-corrected chi connectivity index (χ0v) is 9.41. The van der Waals surface area contributed by atoms with E-state index < -0.39 is 0 Å². The lowest BCUT2D eigenvalue weighted by Gasteiger charge is -2.08. The molecule has 0 radical (unpaired) electrons. The topological polar surface area (TPSA) is 4.36 Å². The highest BCUT2D eigenvalue weighted by molar-refractivity contribution is 5.61. The van der Waals surface area contributed by atoms with Crippen molar-refractivity contribution >= 4 is 5.69 Å². The van der Waals surface area contributed by atoms with Gasteiger partial charge in [0.25, 0.3) is 6.57 Å². The van der Waals surface area contributed by atoms with Crippen LogP contribution < -0.4 is 0 Å². The van der Waals surface area contributed by atoms with Crippen molar-refractivity contribution in [2.45, 2.75) is 39.5 Å². The summed E-state index contributed by atoms with van der Waals surface area (Å²) in [4.78, 5) is 3.91. The van der Waals surface area contributed by atoms with Crippen molar-refractivity contribution in [1.29, 1.82) is 0 Å². The molecule has 0 bridgehead atoms. The van der Waals surface area contributed by atoms with Crippen LogP contribution in [0.5, 0.6) is 0 Å². The lowest BCUT2D eigenvalue weighted by atomic mass is 9.93. The Morgan fingerprint density at radius 3 is 1.71 bits per heavy atom. The molecule has 0 saturated carbocycles. The maximum absolute atomic E-state index is 5.45. The van der Waals surface area contributed by atoms with Gasteiger partial charge in [-0.2, -0.15) is 0 Å². The van der Waals surface area contributed by atoms with Crippen molar-refractivity contribution in [3.8, 4) is 6.57 Å². The van der Waals surface area contributed by atoms with E-state index in [0.29, 0.717) is 11.8 Å². The summed E-state index contributed by atoms with van der Waals surface area (Å²) in [6, 6.07) is 6.28. The first-order chi connectivity index (χ1) is 6.57. The second-order valence-corrected chi connectivity index (χ2v) is 4.22. The minimum atomic E-state index is 0.469. The van der Waals surface area contributed by atoms with Crippen molar-refractivity contribution in [3.05, 3.63) is 34.2 Å². The fourth-order valence-corrected chi connectivity index (χ4v) is 1.66. The number of para-hydroxylation sites is 1. The number of hydrogen-bond acceptors (Lipinski definition) is 0.